The van der Waals surface area contributed by atoms with Crippen LogP contribution in [0.5, 0.6) is 0 Å². The maximum absolute atomic E-state index is 12.8. The highest BCUT2D eigenvalue weighted by Gasteiger charge is 2.44. The minimum Gasteiger partial charge on any atom is -0.467 e. The summed E-state index contributed by atoms with van der Waals surface area (Å²) in [7, 11) is 3.32. The normalized spacial score (nSPS) is 13.0. The predicted octanol–water partition coefficient (Wildman–Crippen LogP) is 4.53. The fourth-order valence-electron chi connectivity index (χ4n) is 2.76. The molecule has 1 atom stereocenters. The Morgan fingerprint density at radius 3 is 2.35 bits per heavy atom. The van der Waals surface area contributed by atoms with Crippen molar-refractivity contribution in [1.29, 1.82) is 0 Å². The maximum atomic E-state index is 12.8. The van der Waals surface area contributed by atoms with E-state index in [0.717, 1.165) is 15.7 Å². The Hall–Kier alpha value is -2.07. The molecule has 0 aliphatic carbocycles. The summed E-state index contributed by atoms with van der Waals surface area (Å²) < 4.78 is 6.11. The maximum Gasteiger partial charge on any atom is 0.336 e. The fraction of sp³-hybridized carbons (Fsp3) is 0.211. The fourth-order valence-corrected chi connectivity index (χ4v) is 3.03. The smallest absolute Gasteiger partial charge is 0.336 e. The number of carbonyl (C=O) groups excluding carboxylic acids is 1. The van der Waals surface area contributed by atoms with E-state index in [4.69, 9.17) is 4.74 Å². The van der Waals surface area contributed by atoms with Gasteiger partial charge in [0.15, 0.2) is 5.54 Å². The number of rotatable bonds is 6. The Bertz CT molecular complexity index is 670. The van der Waals surface area contributed by atoms with Gasteiger partial charge in [-0.3, -0.25) is 0 Å². The highest BCUT2D eigenvalue weighted by molar-refractivity contribution is 9.10. The van der Waals surface area contributed by atoms with Crippen molar-refractivity contribution in [2.45, 2.75) is 12.0 Å². The molecule has 0 bridgehead atoms. The minimum absolute atomic E-state index is 0.314. The Balaban J connectivity index is 2.64. The lowest BCUT2D eigenvalue weighted by Crippen LogP contribution is -2.51. The molecule has 0 saturated carbocycles. The third kappa shape index (κ3) is 3.32. The van der Waals surface area contributed by atoms with Crippen molar-refractivity contribution >= 4 is 27.6 Å². The molecule has 23 heavy (non-hydrogen) atoms. The van der Waals surface area contributed by atoms with Crippen LogP contribution in [0, 0.1) is 0 Å². The van der Waals surface area contributed by atoms with E-state index in [1.54, 1.807) is 6.08 Å². The number of halogens is 1. The quantitative estimate of drug-likeness (QED) is 0.550. The molecule has 0 amide bonds. The van der Waals surface area contributed by atoms with Crippen LogP contribution in [0.3, 0.4) is 0 Å². The Labute approximate surface area is 145 Å². The van der Waals surface area contributed by atoms with Gasteiger partial charge in [0.25, 0.3) is 0 Å². The largest absolute Gasteiger partial charge is 0.467 e. The zero-order valence-electron chi connectivity index (χ0n) is 13.3. The Morgan fingerprint density at radius 2 is 1.83 bits per heavy atom. The summed E-state index contributed by atoms with van der Waals surface area (Å²) in [6.45, 7) is 3.84. The monoisotopic (exact) mass is 373 g/mol. The summed E-state index contributed by atoms with van der Waals surface area (Å²) in [6.07, 6.45) is 2.19. The highest BCUT2D eigenvalue weighted by atomic mass is 79.9. The molecular formula is C19H20BrNO2. The molecule has 0 heterocycles. The zero-order valence-corrected chi connectivity index (χ0v) is 14.9. The number of likely N-dealkylation sites (N-methyl/N-ethyl adjacent to an activating group) is 1. The highest BCUT2D eigenvalue weighted by Crippen LogP contribution is 2.37. The third-order valence-corrected chi connectivity index (χ3v) is 4.53. The van der Waals surface area contributed by atoms with Gasteiger partial charge in [0, 0.05) is 23.6 Å². The molecule has 0 radical (unpaired) electrons. The van der Waals surface area contributed by atoms with Gasteiger partial charge >= 0.3 is 5.97 Å². The summed E-state index contributed by atoms with van der Waals surface area (Å²) in [6, 6.07) is 17.5. The van der Waals surface area contributed by atoms with E-state index in [1.807, 2.05) is 66.5 Å². The molecule has 120 valence electrons. The second-order valence-electron chi connectivity index (χ2n) is 5.25. The number of esters is 1. The van der Waals surface area contributed by atoms with E-state index >= 15 is 0 Å². The van der Waals surface area contributed by atoms with E-state index in [-0.39, 0.29) is 5.97 Å². The van der Waals surface area contributed by atoms with Gasteiger partial charge in [-0.15, -0.1) is 6.58 Å². The first kappa shape index (κ1) is 17.3. The van der Waals surface area contributed by atoms with Crippen LogP contribution in [0.1, 0.15) is 12.0 Å². The first-order valence-electron chi connectivity index (χ1n) is 7.30. The van der Waals surface area contributed by atoms with Crippen LogP contribution in [-0.4, -0.2) is 20.1 Å². The molecule has 0 aliphatic rings. The van der Waals surface area contributed by atoms with Crippen molar-refractivity contribution in [1.82, 2.24) is 0 Å². The molecule has 0 fully saturated rings. The molecule has 0 saturated heterocycles. The van der Waals surface area contributed by atoms with Crippen molar-refractivity contribution in [2.75, 3.05) is 19.1 Å². The van der Waals surface area contributed by atoms with Crippen LogP contribution in [0.2, 0.25) is 0 Å². The number of hydrogen-bond acceptors (Lipinski definition) is 3. The average molecular weight is 374 g/mol. The summed E-state index contributed by atoms with van der Waals surface area (Å²) in [5, 5.41) is 0. The number of methoxy groups -OCH3 is 1. The lowest BCUT2D eigenvalue weighted by Gasteiger charge is -2.40. The molecule has 3 nitrogen and oxygen atoms in total. The van der Waals surface area contributed by atoms with Crippen molar-refractivity contribution in [3.63, 3.8) is 0 Å². The van der Waals surface area contributed by atoms with Gasteiger partial charge in [0.05, 0.1) is 7.11 Å². The van der Waals surface area contributed by atoms with Crippen LogP contribution in [0.15, 0.2) is 71.7 Å². The molecule has 0 spiro atoms. The van der Waals surface area contributed by atoms with Gasteiger partial charge in [0.2, 0.25) is 0 Å². The number of benzene rings is 2. The lowest BCUT2D eigenvalue weighted by atomic mass is 9.84. The number of anilines is 1. The summed E-state index contributed by atoms with van der Waals surface area (Å²) in [5.41, 5.74) is 0.833. The van der Waals surface area contributed by atoms with Crippen LogP contribution >= 0.6 is 15.9 Å². The summed E-state index contributed by atoms with van der Waals surface area (Å²) in [5.74, 6) is -0.314. The topological polar surface area (TPSA) is 29.5 Å². The zero-order chi connectivity index (χ0) is 16.9. The second-order valence-corrected chi connectivity index (χ2v) is 6.16. The Morgan fingerprint density at radius 1 is 1.22 bits per heavy atom. The van der Waals surface area contributed by atoms with Gasteiger partial charge < -0.3 is 9.64 Å². The van der Waals surface area contributed by atoms with Crippen molar-refractivity contribution < 1.29 is 9.53 Å². The van der Waals surface area contributed by atoms with Gasteiger partial charge in [-0.1, -0.05) is 52.3 Å². The predicted molar refractivity (Wildman–Crippen MR) is 97.5 cm³/mol. The number of para-hydroxylation sites is 1. The summed E-state index contributed by atoms with van der Waals surface area (Å²) in [4.78, 5) is 14.7. The average Bonchev–Trinajstić information content (AvgIpc) is 2.60. The van der Waals surface area contributed by atoms with E-state index in [2.05, 4.69) is 22.5 Å². The van der Waals surface area contributed by atoms with Gasteiger partial charge in [-0.05, 0) is 29.8 Å². The standard InChI is InChI=1S/C19H20BrNO2/c1-4-14-19(18(22)23-3,15-10-12-16(20)13-11-15)21(2)17-8-6-5-7-9-17/h4-13H,1,14H2,2-3H3. The molecule has 0 aromatic heterocycles. The Kier molecular flexibility index (Phi) is 5.61. The summed E-state index contributed by atoms with van der Waals surface area (Å²) >= 11 is 3.44. The molecule has 1 unspecified atom stereocenters. The third-order valence-electron chi connectivity index (χ3n) is 4.00. The second kappa shape index (κ2) is 7.47. The molecule has 2 aromatic rings. The molecule has 0 N–H and O–H groups in total. The van der Waals surface area contributed by atoms with E-state index < -0.39 is 5.54 Å². The van der Waals surface area contributed by atoms with E-state index in [1.165, 1.54) is 7.11 Å². The number of carbonyl (C=O) groups is 1. The van der Waals surface area contributed by atoms with Crippen LogP contribution in [0.25, 0.3) is 0 Å². The SMILES string of the molecule is C=CCC(C(=O)OC)(c1ccc(Br)cc1)N(C)c1ccccc1. The van der Waals surface area contributed by atoms with Crippen LogP contribution < -0.4 is 4.90 Å². The van der Waals surface area contributed by atoms with Crippen LogP contribution in [0.4, 0.5) is 5.69 Å². The van der Waals surface area contributed by atoms with Crippen molar-refractivity contribution in [3.8, 4) is 0 Å². The van der Waals surface area contributed by atoms with Crippen molar-refractivity contribution in [3.05, 3.63) is 77.3 Å². The number of ether oxygens (including phenoxy) is 1. The first-order chi connectivity index (χ1) is 11.1. The molecule has 2 aromatic carbocycles. The molecular weight excluding hydrogens is 354 g/mol. The van der Waals surface area contributed by atoms with Crippen LogP contribution in [-0.2, 0) is 15.1 Å². The van der Waals surface area contributed by atoms with Gasteiger partial charge in [0.1, 0.15) is 0 Å². The van der Waals surface area contributed by atoms with E-state index in [0.29, 0.717) is 6.42 Å². The number of hydrogen-bond donors (Lipinski definition) is 0. The van der Waals surface area contributed by atoms with E-state index in [9.17, 15) is 4.79 Å². The molecule has 4 heteroatoms. The number of nitrogens with zero attached hydrogens (tertiary/aromatic N) is 1. The van der Waals surface area contributed by atoms with Gasteiger partial charge in [-0.2, -0.15) is 0 Å². The van der Waals surface area contributed by atoms with Crippen molar-refractivity contribution in [2.24, 2.45) is 0 Å². The molecule has 0 aliphatic heterocycles. The minimum atomic E-state index is -0.960. The first-order valence-corrected chi connectivity index (χ1v) is 8.10. The van der Waals surface area contributed by atoms with Gasteiger partial charge in [-0.25, -0.2) is 4.79 Å². The molecule has 2 rings (SSSR count). The lowest BCUT2D eigenvalue weighted by molar-refractivity contribution is -0.147.